The van der Waals surface area contributed by atoms with E-state index in [1.165, 1.54) is 32.1 Å². The summed E-state index contributed by atoms with van der Waals surface area (Å²) in [6, 6.07) is 0. The third kappa shape index (κ3) is 2.65. The van der Waals surface area contributed by atoms with Gasteiger partial charge < -0.3 is 0 Å². The summed E-state index contributed by atoms with van der Waals surface area (Å²) in [4.78, 5) is 24.7. The second-order valence-corrected chi connectivity index (χ2v) is 8.55. The highest BCUT2D eigenvalue weighted by molar-refractivity contribution is 5.86. The number of rotatable bonds is 3. The highest BCUT2D eigenvalue weighted by atomic mass is 16.2. The summed E-state index contributed by atoms with van der Waals surface area (Å²) >= 11 is 0. The number of carbonyl (C=O) groups excluding carboxylic acids is 2. The van der Waals surface area contributed by atoms with Gasteiger partial charge in [-0.25, -0.2) is 0 Å². The lowest BCUT2D eigenvalue weighted by Crippen LogP contribution is -2.56. The van der Waals surface area contributed by atoms with Crippen LogP contribution in [-0.4, -0.2) is 11.8 Å². The molecule has 0 unspecified atom stereocenters. The summed E-state index contributed by atoms with van der Waals surface area (Å²) in [6.45, 7) is 0. The molecule has 5 rings (SSSR count). The molecular weight excluding hydrogens is 276 g/mol. The van der Waals surface area contributed by atoms with Crippen molar-refractivity contribution in [1.82, 2.24) is 10.9 Å². The molecule has 2 amide bonds. The van der Waals surface area contributed by atoms with Crippen molar-refractivity contribution in [2.45, 2.75) is 70.6 Å². The summed E-state index contributed by atoms with van der Waals surface area (Å²) in [5, 5.41) is 0. The first-order valence-electron chi connectivity index (χ1n) is 9.22. The highest BCUT2D eigenvalue weighted by Crippen LogP contribution is 2.60. The zero-order valence-electron chi connectivity index (χ0n) is 13.4. The highest BCUT2D eigenvalue weighted by Gasteiger charge is 2.54. The minimum Gasteiger partial charge on any atom is -0.273 e. The van der Waals surface area contributed by atoms with Crippen LogP contribution in [0, 0.1) is 29.1 Å². The van der Waals surface area contributed by atoms with Crippen LogP contribution in [0.15, 0.2) is 0 Å². The topological polar surface area (TPSA) is 58.2 Å². The van der Waals surface area contributed by atoms with Gasteiger partial charge in [-0.2, -0.15) is 0 Å². The molecule has 5 saturated carbocycles. The van der Waals surface area contributed by atoms with Gasteiger partial charge in [0.1, 0.15) is 0 Å². The molecule has 0 aromatic rings. The van der Waals surface area contributed by atoms with Crippen molar-refractivity contribution in [2.24, 2.45) is 29.1 Å². The van der Waals surface area contributed by atoms with Gasteiger partial charge in [0.25, 0.3) is 0 Å². The average molecular weight is 304 g/mol. The Morgan fingerprint density at radius 3 is 1.95 bits per heavy atom. The Labute approximate surface area is 132 Å². The lowest BCUT2D eigenvalue weighted by molar-refractivity contribution is -0.149. The van der Waals surface area contributed by atoms with Gasteiger partial charge in [0.05, 0.1) is 5.41 Å². The largest absolute Gasteiger partial charge is 0.273 e. The molecule has 0 aromatic carbocycles. The molecule has 5 aliphatic carbocycles. The van der Waals surface area contributed by atoms with Crippen molar-refractivity contribution in [3.05, 3.63) is 0 Å². The normalized spacial score (nSPS) is 39.9. The molecule has 0 atom stereocenters. The van der Waals surface area contributed by atoms with E-state index in [1.807, 2.05) is 0 Å². The first-order chi connectivity index (χ1) is 10.6. The third-order valence-electron chi connectivity index (χ3n) is 6.78. The number of nitrogens with one attached hydrogen (secondary N) is 2. The Morgan fingerprint density at radius 2 is 1.41 bits per heavy atom. The lowest BCUT2D eigenvalue weighted by Gasteiger charge is -2.55. The second kappa shape index (κ2) is 5.54. The molecular formula is C18H28N2O2. The van der Waals surface area contributed by atoms with Crippen LogP contribution in [0.5, 0.6) is 0 Å². The second-order valence-electron chi connectivity index (χ2n) is 8.55. The Balaban J connectivity index is 1.31. The fraction of sp³-hybridized carbons (Fsp3) is 0.889. The van der Waals surface area contributed by atoms with Gasteiger partial charge in [0.2, 0.25) is 11.8 Å². The molecule has 22 heavy (non-hydrogen) atoms. The van der Waals surface area contributed by atoms with E-state index in [4.69, 9.17) is 0 Å². The molecule has 0 aliphatic heterocycles. The number of carbonyl (C=O) groups is 2. The maximum absolute atomic E-state index is 12.7. The number of hydrogen-bond acceptors (Lipinski definition) is 2. The lowest BCUT2D eigenvalue weighted by atomic mass is 9.49. The quantitative estimate of drug-likeness (QED) is 0.788. The molecule has 2 N–H and O–H groups in total. The molecule has 0 spiro atoms. The summed E-state index contributed by atoms with van der Waals surface area (Å²) in [5.41, 5.74) is 5.30. The maximum atomic E-state index is 12.7. The van der Waals surface area contributed by atoms with Crippen molar-refractivity contribution in [1.29, 1.82) is 0 Å². The average Bonchev–Trinajstić information content (AvgIpc) is 2.96. The van der Waals surface area contributed by atoms with Crippen molar-refractivity contribution in [3.63, 3.8) is 0 Å². The van der Waals surface area contributed by atoms with E-state index in [2.05, 4.69) is 10.9 Å². The monoisotopic (exact) mass is 304 g/mol. The Hall–Kier alpha value is -1.06. The van der Waals surface area contributed by atoms with Gasteiger partial charge in [-0.3, -0.25) is 20.4 Å². The fourth-order valence-electron chi connectivity index (χ4n) is 6.18. The van der Waals surface area contributed by atoms with Crippen molar-refractivity contribution >= 4 is 11.8 Å². The van der Waals surface area contributed by atoms with E-state index >= 15 is 0 Å². The number of hydrazine groups is 1. The summed E-state index contributed by atoms with van der Waals surface area (Å²) in [6.07, 6.45) is 12.5. The van der Waals surface area contributed by atoms with Gasteiger partial charge >= 0.3 is 0 Å². The van der Waals surface area contributed by atoms with E-state index in [-0.39, 0.29) is 17.2 Å². The Kier molecular flexibility index (Phi) is 3.66. The molecule has 0 saturated heterocycles. The van der Waals surface area contributed by atoms with Gasteiger partial charge in [0, 0.05) is 6.42 Å². The number of amides is 2. The minimum atomic E-state index is -0.171. The summed E-state index contributed by atoms with van der Waals surface area (Å²) < 4.78 is 0. The van der Waals surface area contributed by atoms with Gasteiger partial charge in [-0.15, -0.1) is 0 Å². The van der Waals surface area contributed by atoms with Crippen LogP contribution in [0.1, 0.15) is 70.6 Å². The van der Waals surface area contributed by atoms with Crippen molar-refractivity contribution in [2.75, 3.05) is 0 Å². The van der Waals surface area contributed by atoms with Crippen LogP contribution >= 0.6 is 0 Å². The summed E-state index contributed by atoms with van der Waals surface area (Å²) in [5.74, 6) is 2.87. The van der Waals surface area contributed by atoms with Gasteiger partial charge in [-0.1, -0.05) is 12.8 Å². The standard InChI is InChI=1S/C18H28N2O2/c21-16(8-12-3-1-2-4-12)19-20-17(22)18-9-13-5-14(10-18)7-15(6-13)11-18/h12-15H,1-11H2,(H,19,21)(H,20,22). The first kappa shape index (κ1) is 14.5. The van der Waals surface area contributed by atoms with Crippen molar-refractivity contribution in [3.8, 4) is 0 Å². The first-order valence-corrected chi connectivity index (χ1v) is 9.22. The third-order valence-corrected chi connectivity index (χ3v) is 6.78. The van der Waals surface area contributed by atoms with Gasteiger partial charge in [0.15, 0.2) is 0 Å². The molecule has 5 aliphatic rings. The molecule has 0 heterocycles. The Bertz CT molecular complexity index is 432. The predicted octanol–water partition coefficient (Wildman–Crippen LogP) is 2.93. The smallest absolute Gasteiger partial charge is 0.244 e. The van der Waals surface area contributed by atoms with E-state index in [1.54, 1.807) is 0 Å². The predicted molar refractivity (Wildman–Crippen MR) is 83.5 cm³/mol. The van der Waals surface area contributed by atoms with E-state index in [0.29, 0.717) is 12.3 Å². The van der Waals surface area contributed by atoms with Crippen LogP contribution in [0.4, 0.5) is 0 Å². The molecule has 0 radical (unpaired) electrons. The Morgan fingerprint density at radius 1 is 0.864 bits per heavy atom. The summed E-state index contributed by atoms with van der Waals surface area (Å²) in [7, 11) is 0. The molecule has 122 valence electrons. The molecule has 4 heteroatoms. The minimum absolute atomic E-state index is 0.00928. The molecule has 4 bridgehead atoms. The number of hydrogen-bond donors (Lipinski definition) is 2. The molecule has 5 fully saturated rings. The van der Waals surface area contributed by atoms with Crippen LogP contribution in [-0.2, 0) is 9.59 Å². The fourth-order valence-corrected chi connectivity index (χ4v) is 6.18. The van der Waals surface area contributed by atoms with E-state index in [9.17, 15) is 9.59 Å². The van der Waals surface area contributed by atoms with Crippen LogP contribution < -0.4 is 10.9 Å². The van der Waals surface area contributed by atoms with Crippen molar-refractivity contribution < 1.29 is 9.59 Å². The maximum Gasteiger partial charge on any atom is 0.244 e. The van der Waals surface area contributed by atoms with Gasteiger partial charge in [-0.05, 0) is 75.0 Å². The van der Waals surface area contributed by atoms with Crippen LogP contribution in [0.2, 0.25) is 0 Å². The van der Waals surface area contributed by atoms with Crippen LogP contribution in [0.3, 0.4) is 0 Å². The van der Waals surface area contributed by atoms with E-state index in [0.717, 1.165) is 49.9 Å². The van der Waals surface area contributed by atoms with Crippen LogP contribution in [0.25, 0.3) is 0 Å². The molecule has 0 aromatic heterocycles. The zero-order chi connectivity index (χ0) is 15.2. The SMILES string of the molecule is O=C(CC1CCCC1)NNC(=O)C12CC3CC(CC(C3)C1)C2. The van der Waals surface area contributed by atoms with E-state index < -0.39 is 0 Å². The molecule has 4 nitrogen and oxygen atoms in total. The zero-order valence-corrected chi connectivity index (χ0v) is 13.4.